The molecule has 0 aliphatic rings. The quantitative estimate of drug-likeness (QED) is 0.212. The van der Waals surface area contributed by atoms with E-state index in [-0.39, 0.29) is 31.3 Å². The Bertz CT molecular complexity index is 1480. The molecule has 0 saturated carbocycles. The molecule has 7 nitrogen and oxygen atoms in total. The Morgan fingerprint density at radius 2 is 1.38 bits per heavy atom. The SMILES string of the molecule is COc1ccccc1CNC(=O)[C@H](Cc1ccccc1)N(Cc1ccc(Cl)cc1)C(=O)Cc1ccc(OC)c(OC)c1. The van der Waals surface area contributed by atoms with Crippen LogP contribution >= 0.6 is 11.6 Å². The van der Waals surface area contributed by atoms with Crippen LogP contribution in [0.15, 0.2) is 97.1 Å². The van der Waals surface area contributed by atoms with Gasteiger partial charge in [0.15, 0.2) is 11.5 Å². The number of para-hydroxylation sites is 1. The van der Waals surface area contributed by atoms with Crippen LogP contribution in [-0.2, 0) is 35.5 Å². The van der Waals surface area contributed by atoms with E-state index in [4.69, 9.17) is 25.8 Å². The fourth-order valence-electron chi connectivity index (χ4n) is 4.76. The molecule has 42 heavy (non-hydrogen) atoms. The molecule has 1 atom stereocenters. The normalized spacial score (nSPS) is 11.3. The average molecular weight is 587 g/mol. The number of rotatable bonds is 13. The van der Waals surface area contributed by atoms with E-state index in [1.807, 2.05) is 72.8 Å². The molecule has 4 rings (SSSR count). The van der Waals surface area contributed by atoms with Crippen LogP contribution in [-0.4, -0.2) is 44.1 Å². The van der Waals surface area contributed by atoms with Crippen LogP contribution in [0, 0.1) is 0 Å². The number of carbonyl (C=O) groups excluding carboxylic acids is 2. The van der Waals surface area contributed by atoms with Crippen molar-refractivity contribution in [1.82, 2.24) is 10.2 Å². The Hall–Kier alpha value is -4.49. The molecule has 1 N–H and O–H groups in total. The topological polar surface area (TPSA) is 77.1 Å². The molecule has 8 heteroatoms. The van der Waals surface area contributed by atoms with Gasteiger partial charge in [0.05, 0.1) is 27.8 Å². The van der Waals surface area contributed by atoms with Gasteiger partial charge in [-0.2, -0.15) is 0 Å². The van der Waals surface area contributed by atoms with Gasteiger partial charge in [-0.3, -0.25) is 9.59 Å². The second-order valence-electron chi connectivity index (χ2n) is 9.75. The van der Waals surface area contributed by atoms with Crippen molar-refractivity contribution in [3.05, 3.63) is 124 Å². The molecule has 0 aliphatic heterocycles. The number of ether oxygens (including phenoxy) is 3. The van der Waals surface area contributed by atoms with Crippen molar-refractivity contribution in [1.29, 1.82) is 0 Å². The molecule has 0 bridgehead atoms. The van der Waals surface area contributed by atoms with Crippen LogP contribution in [0.1, 0.15) is 22.3 Å². The molecule has 0 spiro atoms. The third kappa shape index (κ3) is 8.04. The van der Waals surface area contributed by atoms with E-state index in [2.05, 4.69) is 5.32 Å². The van der Waals surface area contributed by atoms with Gasteiger partial charge in [0.25, 0.3) is 0 Å². The minimum absolute atomic E-state index is 0.0685. The van der Waals surface area contributed by atoms with Gasteiger partial charge in [0.2, 0.25) is 11.8 Å². The number of benzene rings is 4. The second kappa shape index (κ2) is 14.9. The molecule has 0 aromatic heterocycles. The maximum atomic E-state index is 14.1. The molecular weight excluding hydrogens is 552 g/mol. The predicted octanol–water partition coefficient (Wildman–Crippen LogP) is 5.86. The molecule has 0 heterocycles. The van der Waals surface area contributed by atoms with Crippen molar-refractivity contribution in [2.45, 2.75) is 32.0 Å². The van der Waals surface area contributed by atoms with Gasteiger partial charge in [0, 0.05) is 30.1 Å². The van der Waals surface area contributed by atoms with Crippen LogP contribution in [0.5, 0.6) is 17.2 Å². The standard InChI is InChI=1S/C34H35ClN2O5/c1-40-30-12-8-7-11-27(30)22-36-34(39)29(19-24-9-5-4-6-10-24)37(23-25-13-16-28(35)17-14-25)33(38)21-26-15-18-31(41-2)32(20-26)42-3/h4-18,20,29H,19,21-23H2,1-3H3,(H,36,39)/t29-/m0/s1. The fraction of sp³-hybridized carbons (Fsp3) is 0.235. The highest BCUT2D eigenvalue weighted by molar-refractivity contribution is 6.30. The predicted molar refractivity (Wildman–Crippen MR) is 164 cm³/mol. The monoisotopic (exact) mass is 586 g/mol. The van der Waals surface area contributed by atoms with E-state index in [1.54, 1.807) is 50.5 Å². The van der Waals surface area contributed by atoms with E-state index in [0.717, 1.165) is 22.3 Å². The van der Waals surface area contributed by atoms with Crippen molar-refractivity contribution < 1.29 is 23.8 Å². The van der Waals surface area contributed by atoms with Crippen molar-refractivity contribution in [2.24, 2.45) is 0 Å². The minimum atomic E-state index is -0.787. The Balaban J connectivity index is 1.67. The lowest BCUT2D eigenvalue weighted by Crippen LogP contribution is -2.50. The summed E-state index contributed by atoms with van der Waals surface area (Å²) in [5.74, 6) is 1.32. The van der Waals surface area contributed by atoms with Crippen LogP contribution < -0.4 is 19.5 Å². The fourth-order valence-corrected chi connectivity index (χ4v) is 4.88. The molecule has 0 radical (unpaired) electrons. The minimum Gasteiger partial charge on any atom is -0.496 e. The summed E-state index contributed by atoms with van der Waals surface area (Å²) in [4.78, 5) is 29.7. The molecule has 0 saturated heterocycles. The summed E-state index contributed by atoms with van der Waals surface area (Å²) in [6, 6.07) is 29.1. The summed E-state index contributed by atoms with van der Waals surface area (Å²) in [5, 5.41) is 3.65. The van der Waals surface area contributed by atoms with Gasteiger partial charge in [-0.1, -0.05) is 78.3 Å². The molecule has 0 fully saturated rings. The second-order valence-corrected chi connectivity index (χ2v) is 10.2. The Morgan fingerprint density at radius 1 is 0.738 bits per heavy atom. The van der Waals surface area contributed by atoms with Crippen LogP contribution in [0.3, 0.4) is 0 Å². The van der Waals surface area contributed by atoms with E-state index in [9.17, 15) is 9.59 Å². The van der Waals surface area contributed by atoms with Crippen molar-refractivity contribution in [3.63, 3.8) is 0 Å². The van der Waals surface area contributed by atoms with Gasteiger partial charge in [-0.15, -0.1) is 0 Å². The van der Waals surface area contributed by atoms with E-state index in [1.165, 1.54) is 0 Å². The first-order chi connectivity index (χ1) is 20.4. The number of carbonyl (C=O) groups is 2. The van der Waals surface area contributed by atoms with Gasteiger partial charge in [0.1, 0.15) is 11.8 Å². The zero-order valence-electron chi connectivity index (χ0n) is 24.0. The van der Waals surface area contributed by atoms with Crippen molar-refractivity contribution >= 4 is 23.4 Å². The lowest BCUT2D eigenvalue weighted by atomic mass is 10.0. The molecule has 0 unspecified atom stereocenters. The van der Waals surface area contributed by atoms with Crippen molar-refractivity contribution in [3.8, 4) is 17.2 Å². The smallest absolute Gasteiger partial charge is 0.243 e. The maximum absolute atomic E-state index is 14.1. The first-order valence-electron chi connectivity index (χ1n) is 13.6. The maximum Gasteiger partial charge on any atom is 0.243 e. The number of nitrogens with zero attached hydrogens (tertiary/aromatic N) is 1. The van der Waals surface area contributed by atoms with Crippen LogP contribution in [0.4, 0.5) is 0 Å². The first-order valence-corrected chi connectivity index (χ1v) is 14.0. The molecule has 218 valence electrons. The third-order valence-electron chi connectivity index (χ3n) is 6.99. The molecule has 4 aromatic rings. The van der Waals surface area contributed by atoms with Gasteiger partial charge in [-0.05, 0) is 47.0 Å². The molecule has 0 aliphatic carbocycles. The summed E-state index contributed by atoms with van der Waals surface area (Å²) in [7, 11) is 4.71. The van der Waals surface area contributed by atoms with Gasteiger partial charge in [-0.25, -0.2) is 0 Å². The highest BCUT2D eigenvalue weighted by Gasteiger charge is 2.30. The van der Waals surface area contributed by atoms with Crippen molar-refractivity contribution in [2.75, 3.05) is 21.3 Å². The summed E-state index contributed by atoms with van der Waals surface area (Å²) in [6.45, 7) is 0.482. The zero-order valence-corrected chi connectivity index (χ0v) is 24.8. The van der Waals surface area contributed by atoms with E-state index in [0.29, 0.717) is 28.7 Å². The molecule has 4 aromatic carbocycles. The number of nitrogens with one attached hydrogen (secondary N) is 1. The Labute approximate surface area is 252 Å². The number of hydrogen-bond acceptors (Lipinski definition) is 5. The summed E-state index contributed by atoms with van der Waals surface area (Å²) >= 11 is 6.14. The number of hydrogen-bond donors (Lipinski definition) is 1. The zero-order chi connectivity index (χ0) is 29.9. The van der Waals surface area contributed by atoms with Gasteiger partial charge >= 0.3 is 0 Å². The van der Waals surface area contributed by atoms with Crippen LogP contribution in [0.2, 0.25) is 5.02 Å². The molecular formula is C34H35ClN2O5. The summed E-state index contributed by atoms with van der Waals surface area (Å²) in [5.41, 5.74) is 3.38. The highest BCUT2D eigenvalue weighted by atomic mass is 35.5. The first kappa shape index (κ1) is 30.5. The van der Waals surface area contributed by atoms with E-state index >= 15 is 0 Å². The lowest BCUT2D eigenvalue weighted by Gasteiger charge is -2.32. The highest BCUT2D eigenvalue weighted by Crippen LogP contribution is 2.28. The number of methoxy groups -OCH3 is 3. The number of amides is 2. The number of halogens is 1. The third-order valence-corrected chi connectivity index (χ3v) is 7.24. The van der Waals surface area contributed by atoms with E-state index < -0.39 is 6.04 Å². The largest absolute Gasteiger partial charge is 0.496 e. The molecule has 2 amide bonds. The van der Waals surface area contributed by atoms with Gasteiger partial charge < -0.3 is 24.4 Å². The summed E-state index contributed by atoms with van der Waals surface area (Å²) in [6.07, 6.45) is 0.406. The Kier molecular flexibility index (Phi) is 10.8. The Morgan fingerprint density at radius 3 is 2.07 bits per heavy atom. The van der Waals surface area contributed by atoms with Crippen LogP contribution in [0.25, 0.3) is 0 Å². The lowest BCUT2D eigenvalue weighted by molar-refractivity contribution is -0.140. The summed E-state index contributed by atoms with van der Waals surface area (Å²) < 4.78 is 16.3. The average Bonchev–Trinajstić information content (AvgIpc) is 3.02.